The van der Waals surface area contributed by atoms with Crippen LogP contribution in [0.5, 0.6) is 0 Å². The van der Waals surface area contributed by atoms with Crippen LogP contribution in [0.2, 0.25) is 0 Å². The molecular weight excluding hydrogens is 1210 g/mol. The second-order valence-electron chi connectivity index (χ2n) is 29.2. The van der Waals surface area contributed by atoms with E-state index in [1.807, 2.05) is 77.9 Å². The summed E-state index contributed by atoms with van der Waals surface area (Å²) in [6.07, 6.45) is 8.97. The van der Waals surface area contributed by atoms with Gasteiger partial charge in [0.15, 0.2) is 0 Å². The lowest BCUT2D eigenvalue weighted by Gasteiger charge is -2.67. The highest BCUT2D eigenvalue weighted by molar-refractivity contribution is 5.98. The maximum Gasteiger partial charge on any atom is 0.251 e. The van der Waals surface area contributed by atoms with Crippen molar-refractivity contribution in [2.24, 2.45) is 11.8 Å². The lowest BCUT2D eigenvalue weighted by Crippen LogP contribution is -2.62. The Morgan fingerprint density at radius 1 is 0.265 bits per heavy atom. The van der Waals surface area contributed by atoms with Crippen molar-refractivity contribution in [3.05, 3.63) is 209 Å². The number of rotatable bonds is 12. The smallest absolute Gasteiger partial charge is 0.251 e. The largest absolute Gasteiger partial charge is 0.352 e. The van der Waals surface area contributed by atoms with E-state index in [1.165, 1.54) is 0 Å². The summed E-state index contributed by atoms with van der Waals surface area (Å²) in [5, 5.41) is 18.5. The molecule has 20 bridgehead atoms. The standard InChI is InChI=1S/C86H80N6O6/c1-7-87-75(93)63-25-55-19-13-14-20-56-26-66(78(96)90-10-4)40-72(34-56)84-46-62-47-85(52-84)54-86(48-62,53-84)74-36-60(30-68(42-74)80(98)92-12-6)24-18-16-22-58-28-65(77(95)89-9-3)39-71(33-58)83-45-61-43-81(50-83,69(31-55)37-63)49-82(44-61,51-83)70-32-57(27-64(38-70)76(94)88-8-2)21-15-17-23-59-29-67(41-73(85)35-59)79(97)91-11-5/h25-42,61-62H,7-12,43-54H2,1-6H3,(H,87,93)(H,88,94)(H,89,95)(H,90,96)(H,91,97)(H,92,98). The molecule has 6 aromatic carbocycles. The van der Waals surface area contributed by atoms with Crippen LogP contribution in [0.4, 0.5) is 0 Å². The van der Waals surface area contributed by atoms with Gasteiger partial charge < -0.3 is 31.9 Å². The quantitative estimate of drug-likeness (QED) is 0.0665. The number of fused-ring (bicyclic) bond motifs is 3. The van der Waals surface area contributed by atoms with E-state index in [2.05, 4.69) is 176 Å². The van der Waals surface area contributed by atoms with E-state index in [0.717, 1.165) is 71.9 Å². The summed E-state index contributed by atoms with van der Waals surface area (Å²) in [4.78, 5) is 86.4. The van der Waals surface area contributed by atoms with Crippen molar-refractivity contribution in [3.8, 4) is 71.0 Å². The first kappa shape index (κ1) is 64.8. The Hall–Kier alpha value is -10.5. The lowest BCUT2D eigenvalue weighted by molar-refractivity contribution is -0.0496. The van der Waals surface area contributed by atoms with Gasteiger partial charge in [-0.1, -0.05) is 35.5 Å². The van der Waals surface area contributed by atoms with E-state index in [9.17, 15) is 28.8 Å². The third-order valence-corrected chi connectivity index (χ3v) is 22.4. The fraction of sp³-hybridized carbons (Fsp3) is 0.372. The van der Waals surface area contributed by atoms with E-state index in [0.29, 0.717) is 145 Å². The molecule has 490 valence electrons. The van der Waals surface area contributed by atoms with Gasteiger partial charge in [-0.2, -0.15) is 0 Å². The van der Waals surface area contributed by atoms with Gasteiger partial charge in [0.1, 0.15) is 0 Å². The highest BCUT2D eigenvalue weighted by Gasteiger charge is 2.66. The van der Waals surface area contributed by atoms with Crippen LogP contribution >= 0.6 is 0 Å². The first-order chi connectivity index (χ1) is 47.3. The summed E-state index contributed by atoms with van der Waals surface area (Å²) in [6.45, 7) is 14.0. The summed E-state index contributed by atoms with van der Waals surface area (Å²) >= 11 is 0. The van der Waals surface area contributed by atoms with Crippen LogP contribution in [-0.4, -0.2) is 74.7 Å². The molecule has 12 nitrogen and oxygen atoms in total. The van der Waals surface area contributed by atoms with Crippen molar-refractivity contribution in [1.29, 1.82) is 0 Å². The fourth-order valence-corrected chi connectivity index (χ4v) is 19.8. The van der Waals surface area contributed by atoms with E-state index < -0.39 is 32.5 Å². The number of carbonyl (C=O) groups is 6. The van der Waals surface area contributed by atoms with Crippen LogP contribution in [0.3, 0.4) is 0 Å². The minimum Gasteiger partial charge on any atom is -0.352 e. The number of carbonyl (C=O) groups excluding carboxylic acids is 6. The van der Waals surface area contributed by atoms with Crippen LogP contribution in [0, 0.1) is 82.9 Å². The second-order valence-corrected chi connectivity index (χ2v) is 29.2. The van der Waals surface area contributed by atoms with Crippen molar-refractivity contribution in [1.82, 2.24) is 31.9 Å². The Kier molecular flexibility index (Phi) is 16.9. The average molecular weight is 1290 g/mol. The van der Waals surface area contributed by atoms with Crippen molar-refractivity contribution in [2.75, 3.05) is 39.3 Å². The molecule has 8 saturated carbocycles. The van der Waals surface area contributed by atoms with Crippen LogP contribution in [0.15, 0.2) is 109 Å². The molecule has 0 unspecified atom stereocenters. The highest BCUT2D eigenvalue weighted by atomic mass is 16.2. The van der Waals surface area contributed by atoms with E-state index >= 15 is 0 Å². The van der Waals surface area contributed by atoms with Crippen molar-refractivity contribution >= 4 is 35.4 Å². The number of amides is 6. The Morgan fingerprint density at radius 2 is 0.418 bits per heavy atom. The molecule has 0 atom stereocenters. The zero-order valence-electron chi connectivity index (χ0n) is 56.7. The van der Waals surface area contributed by atoms with E-state index in [1.54, 1.807) is 0 Å². The maximum absolute atomic E-state index is 14.4. The third-order valence-electron chi connectivity index (χ3n) is 22.4. The van der Waals surface area contributed by atoms with Crippen molar-refractivity contribution in [2.45, 2.75) is 151 Å². The Morgan fingerprint density at radius 3 is 0.561 bits per heavy atom. The summed E-state index contributed by atoms with van der Waals surface area (Å²) in [5.41, 5.74) is 9.20. The van der Waals surface area contributed by atoms with Crippen molar-refractivity contribution < 1.29 is 28.8 Å². The fourth-order valence-electron chi connectivity index (χ4n) is 19.8. The topological polar surface area (TPSA) is 175 Å². The van der Waals surface area contributed by atoms with Gasteiger partial charge in [-0.05, 0) is 341 Å². The molecule has 6 N–H and O–H groups in total. The first-order valence-electron chi connectivity index (χ1n) is 35.0. The minimum absolute atomic E-state index is 0.148. The minimum atomic E-state index is -0.564. The Labute approximate surface area is 575 Å². The molecule has 17 rings (SSSR count). The predicted molar refractivity (Wildman–Crippen MR) is 380 cm³/mol. The molecule has 0 radical (unpaired) electrons. The van der Waals surface area contributed by atoms with Gasteiger partial charge in [0, 0.05) is 106 Å². The van der Waals surface area contributed by atoms with Gasteiger partial charge in [-0.15, -0.1) is 0 Å². The number of benzene rings is 6. The molecule has 6 aromatic rings. The maximum atomic E-state index is 14.4. The number of hydrogen-bond acceptors (Lipinski definition) is 6. The molecule has 8 fully saturated rings. The molecule has 12 heteroatoms. The number of hydrogen-bond donors (Lipinski definition) is 6. The summed E-state index contributed by atoms with van der Waals surface area (Å²) < 4.78 is 0. The SMILES string of the molecule is CCNC(=O)c1cc2cc(c1)C13CC4CC5(C1)CC(C4)(C3)c1cc(cc(C(=O)NCC)c1)C#CC#Cc1cc(C(=O)NCC)cc(c1)C13CC4CC(CC(C4)(C1)c1cc(cc(C(=O)NCC)c1)C#CC#Cc1cc(C(=O)NCC)cc5c1)(C3)c1cc(cc(C(=O)NCC)c1)C#CC#C2. The van der Waals surface area contributed by atoms with Gasteiger partial charge in [-0.3, -0.25) is 28.8 Å². The first-order valence-corrected chi connectivity index (χ1v) is 35.0. The molecule has 11 aliphatic carbocycles. The molecule has 0 aliphatic heterocycles. The zero-order valence-corrected chi connectivity index (χ0v) is 56.7. The van der Waals surface area contributed by atoms with E-state index in [4.69, 9.17) is 0 Å². The van der Waals surface area contributed by atoms with Crippen LogP contribution in [-0.2, 0) is 32.5 Å². The van der Waals surface area contributed by atoms with Crippen LogP contribution < -0.4 is 31.9 Å². The predicted octanol–water partition coefficient (Wildman–Crippen LogP) is 11.2. The summed E-state index contributed by atoms with van der Waals surface area (Å²) in [6, 6.07) is 36.3. The average Bonchev–Trinajstić information content (AvgIpc) is 0.688. The normalized spacial score (nSPS) is 25.3. The lowest BCUT2D eigenvalue weighted by atomic mass is 9.36. The summed E-state index contributed by atoms with van der Waals surface area (Å²) in [5.74, 6) is 38.9. The van der Waals surface area contributed by atoms with Gasteiger partial charge in [0.05, 0.1) is 0 Å². The summed E-state index contributed by atoms with van der Waals surface area (Å²) in [7, 11) is 0. The second kappa shape index (κ2) is 25.5. The van der Waals surface area contributed by atoms with Crippen LogP contribution in [0.1, 0.15) is 248 Å². The van der Waals surface area contributed by atoms with Crippen molar-refractivity contribution in [3.63, 3.8) is 0 Å². The molecular formula is C86H80N6O6. The van der Waals surface area contributed by atoms with Gasteiger partial charge >= 0.3 is 0 Å². The van der Waals surface area contributed by atoms with Gasteiger partial charge in [0.2, 0.25) is 0 Å². The third kappa shape index (κ3) is 11.9. The highest BCUT2D eigenvalue weighted by Crippen LogP contribution is 2.73. The molecule has 98 heavy (non-hydrogen) atoms. The number of nitrogens with one attached hydrogen (secondary N) is 6. The monoisotopic (exact) mass is 1290 g/mol. The van der Waals surface area contributed by atoms with Crippen LogP contribution in [0.25, 0.3) is 0 Å². The molecule has 11 aliphatic rings. The zero-order chi connectivity index (χ0) is 68.2. The Balaban J connectivity index is 1.10. The Bertz CT molecular complexity index is 4060. The molecule has 0 heterocycles. The molecule has 0 saturated heterocycles. The molecule has 6 amide bonds. The van der Waals surface area contributed by atoms with Gasteiger partial charge in [-0.25, -0.2) is 0 Å². The van der Waals surface area contributed by atoms with E-state index in [-0.39, 0.29) is 47.3 Å². The molecule has 6 spiro atoms. The van der Waals surface area contributed by atoms with Gasteiger partial charge in [0.25, 0.3) is 35.4 Å². The molecule has 0 aromatic heterocycles.